The highest BCUT2D eigenvalue weighted by atomic mass is 16.5. The predicted octanol–water partition coefficient (Wildman–Crippen LogP) is 2.19. The fraction of sp³-hybridized carbons (Fsp3) is 0.625. The second-order valence-corrected chi connectivity index (χ2v) is 5.96. The molecule has 1 fully saturated rings. The van der Waals surface area contributed by atoms with E-state index in [4.69, 9.17) is 10.5 Å². The van der Waals surface area contributed by atoms with Gasteiger partial charge < -0.3 is 15.4 Å². The van der Waals surface area contributed by atoms with Crippen LogP contribution in [-0.4, -0.2) is 31.8 Å². The zero-order valence-electron chi connectivity index (χ0n) is 11.7. The van der Waals surface area contributed by atoms with Gasteiger partial charge in [0, 0.05) is 36.8 Å². The molecule has 3 unspecified atom stereocenters. The molecular formula is C16H24N2O. The van der Waals surface area contributed by atoms with Gasteiger partial charge in [-0.25, -0.2) is 0 Å². The predicted molar refractivity (Wildman–Crippen MR) is 78.5 cm³/mol. The molecule has 3 heteroatoms. The third-order valence-corrected chi connectivity index (χ3v) is 4.63. The van der Waals surface area contributed by atoms with Crippen LogP contribution in [0.3, 0.4) is 0 Å². The van der Waals surface area contributed by atoms with Crippen LogP contribution in [0.2, 0.25) is 0 Å². The van der Waals surface area contributed by atoms with Gasteiger partial charge in [-0.15, -0.1) is 0 Å². The molecule has 0 radical (unpaired) electrons. The molecule has 0 aromatic heterocycles. The molecule has 19 heavy (non-hydrogen) atoms. The van der Waals surface area contributed by atoms with E-state index in [1.165, 1.54) is 24.1 Å². The summed E-state index contributed by atoms with van der Waals surface area (Å²) in [5, 5.41) is 0. The van der Waals surface area contributed by atoms with Crippen LogP contribution >= 0.6 is 0 Å². The SMILES string of the molecule is CC1CCc2ccccc2N1CC1COCCC1N. The van der Waals surface area contributed by atoms with Gasteiger partial charge in [0.05, 0.1) is 6.61 Å². The molecule has 3 nitrogen and oxygen atoms in total. The summed E-state index contributed by atoms with van der Waals surface area (Å²) in [6.45, 7) is 4.99. The number of aryl methyl sites for hydroxylation is 1. The number of anilines is 1. The van der Waals surface area contributed by atoms with Crippen LogP contribution in [0.1, 0.15) is 25.3 Å². The van der Waals surface area contributed by atoms with Crippen LogP contribution < -0.4 is 10.6 Å². The van der Waals surface area contributed by atoms with Gasteiger partial charge in [-0.2, -0.15) is 0 Å². The molecule has 1 aromatic rings. The Morgan fingerprint density at radius 3 is 3.00 bits per heavy atom. The van der Waals surface area contributed by atoms with Crippen molar-refractivity contribution in [3.63, 3.8) is 0 Å². The van der Waals surface area contributed by atoms with Crippen molar-refractivity contribution in [1.82, 2.24) is 0 Å². The Labute approximate surface area is 115 Å². The average molecular weight is 260 g/mol. The average Bonchev–Trinajstić information content (AvgIpc) is 2.44. The normalized spacial score (nSPS) is 31.1. The number of hydrogen-bond acceptors (Lipinski definition) is 3. The summed E-state index contributed by atoms with van der Waals surface area (Å²) in [5.74, 6) is 0.461. The maximum absolute atomic E-state index is 6.25. The highest BCUT2D eigenvalue weighted by Gasteiger charge is 2.29. The number of para-hydroxylation sites is 1. The van der Waals surface area contributed by atoms with E-state index in [9.17, 15) is 0 Å². The van der Waals surface area contributed by atoms with Crippen LogP contribution in [-0.2, 0) is 11.2 Å². The number of nitrogens with zero attached hydrogens (tertiary/aromatic N) is 1. The molecule has 0 spiro atoms. The first-order valence-corrected chi connectivity index (χ1v) is 7.43. The Bertz CT molecular complexity index is 435. The lowest BCUT2D eigenvalue weighted by molar-refractivity contribution is 0.0439. The summed E-state index contributed by atoms with van der Waals surface area (Å²) in [6, 6.07) is 9.68. The summed E-state index contributed by atoms with van der Waals surface area (Å²) in [4.78, 5) is 2.54. The topological polar surface area (TPSA) is 38.5 Å². The van der Waals surface area contributed by atoms with Gasteiger partial charge in [0.15, 0.2) is 0 Å². The van der Waals surface area contributed by atoms with Gasteiger partial charge in [0.25, 0.3) is 0 Å². The molecule has 2 aliphatic heterocycles. The molecule has 3 atom stereocenters. The standard InChI is InChI=1S/C16H24N2O/c1-12-6-7-13-4-2-3-5-16(13)18(12)10-14-11-19-9-8-15(14)17/h2-5,12,14-15H,6-11,17H2,1H3. The minimum atomic E-state index is 0.287. The molecule has 1 saturated heterocycles. The minimum Gasteiger partial charge on any atom is -0.381 e. The molecular weight excluding hydrogens is 236 g/mol. The van der Waals surface area contributed by atoms with Crippen molar-refractivity contribution in [2.45, 2.75) is 38.3 Å². The monoisotopic (exact) mass is 260 g/mol. The number of nitrogens with two attached hydrogens (primary N) is 1. The van der Waals surface area contributed by atoms with Gasteiger partial charge in [-0.1, -0.05) is 18.2 Å². The Morgan fingerprint density at radius 1 is 1.32 bits per heavy atom. The van der Waals surface area contributed by atoms with Crippen molar-refractivity contribution in [2.24, 2.45) is 11.7 Å². The fourth-order valence-electron chi connectivity index (χ4n) is 3.29. The van der Waals surface area contributed by atoms with Crippen molar-refractivity contribution >= 4 is 5.69 Å². The van der Waals surface area contributed by atoms with E-state index in [0.717, 1.165) is 26.2 Å². The van der Waals surface area contributed by atoms with E-state index in [1.54, 1.807) is 0 Å². The summed E-state index contributed by atoms with van der Waals surface area (Å²) in [6.07, 6.45) is 3.43. The number of rotatable bonds is 2. The van der Waals surface area contributed by atoms with Crippen LogP contribution in [0.5, 0.6) is 0 Å². The van der Waals surface area contributed by atoms with Crippen molar-refractivity contribution in [3.05, 3.63) is 29.8 Å². The highest BCUT2D eigenvalue weighted by Crippen LogP contribution is 2.31. The molecule has 0 aliphatic carbocycles. The van der Waals surface area contributed by atoms with Gasteiger partial charge in [0.2, 0.25) is 0 Å². The van der Waals surface area contributed by atoms with E-state index in [0.29, 0.717) is 12.0 Å². The summed E-state index contributed by atoms with van der Waals surface area (Å²) >= 11 is 0. The quantitative estimate of drug-likeness (QED) is 0.886. The molecule has 0 bridgehead atoms. The van der Waals surface area contributed by atoms with Gasteiger partial charge in [-0.3, -0.25) is 0 Å². The molecule has 2 heterocycles. The van der Waals surface area contributed by atoms with Crippen LogP contribution in [0.25, 0.3) is 0 Å². The lowest BCUT2D eigenvalue weighted by Crippen LogP contribution is -2.48. The van der Waals surface area contributed by atoms with Crippen molar-refractivity contribution in [3.8, 4) is 0 Å². The van der Waals surface area contributed by atoms with Gasteiger partial charge in [0.1, 0.15) is 0 Å². The first kappa shape index (κ1) is 12.9. The lowest BCUT2D eigenvalue weighted by atomic mass is 9.91. The van der Waals surface area contributed by atoms with Crippen molar-refractivity contribution in [1.29, 1.82) is 0 Å². The van der Waals surface area contributed by atoms with Crippen LogP contribution in [0.15, 0.2) is 24.3 Å². The van der Waals surface area contributed by atoms with Gasteiger partial charge >= 0.3 is 0 Å². The summed E-state index contributed by atoms with van der Waals surface area (Å²) < 4.78 is 5.61. The zero-order valence-corrected chi connectivity index (χ0v) is 11.7. The van der Waals surface area contributed by atoms with Crippen molar-refractivity contribution < 1.29 is 4.74 Å². The van der Waals surface area contributed by atoms with E-state index in [2.05, 4.69) is 36.1 Å². The first-order chi connectivity index (χ1) is 9.25. The minimum absolute atomic E-state index is 0.287. The second-order valence-electron chi connectivity index (χ2n) is 5.96. The first-order valence-electron chi connectivity index (χ1n) is 7.43. The number of ether oxygens (including phenoxy) is 1. The Kier molecular flexibility index (Phi) is 3.76. The second kappa shape index (κ2) is 5.51. The largest absolute Gasteiger partial charge is 0.381 e. The van der Waals surface area contributed by atoms with E-state index in [-0.39, 0.29) is 6.04 Å². The van der Waals surface area contributed by atoms with E-state index >= 15 is 0 Å². The van der Waals surface area contributed by atoms with E-state index < -0.39 is 0 Å². The summed E-state index contributed by atoms with van der Waals surface area (Å²) in [7, 11) is 0. The fourth-order valence-corrected chi connectivity index (χ4v) is 3.29. The third kappa shape index (κ3) is 2.63. The number of benzene rings is 1. The Hall–Kier alpha value is -1.06. The molecule has 1 aromatic carbocycles. The maximum Gasteiger partial charge on any atom is 0.0526 e. The molecule has 3 rings (SSSR count). The third-order valence-electron chi connectivity index (χ3n) is 4.63. The molecule has 0 amide bonds. The molecule has 104 valence electrons. The summed E-state index contributed by atoms with van der Waals surface area (Å²) in [5.41, 5.74) is 9.13. The Balaban J connectivity index is 1.79. The Morgan fingerprint density at radius 2 is 2.16 bits per heavy atom. The molecule has 0 saturated carbocycles. The molecule has 2 aliphatic rings. The molecule has 2 N–H and O–H groups in total. The smallest absolute Gasteiger partial charge is 0.0526 e. The number of fused-ring (bicyclic) bond motifs is 1. The number of hydrogen-bond donors (Lipinski definition) is 1. The lowest BCUT2D eigenvalue weighted by Gasteiger charge is -2.41. The van der Waals surface area contributed by atoms with Crippen molar-refractivity contribution in [2.75, 3.05) is 24.7 Å². The van der Waals surface area contributed by atoms with E-state index in [1.807, 2.05) is 0 Å². The van der Waals surface area contributed by atoms with Gasteiger partial charge in [-0.05, 0) is 37.8 Å². The zero-order chi connectivity index (χ0) is 13.2. The maximum atomic E-state index is 6.25. The van der Waals surface area contributed by atoms with Crippen LogP contribution in [0, 0.1) is 5.92 Å². The highest BCUT2D eigenvalue weighted by molar-refractivity contribution is 5.56. The van der Waals surface area contributed by atoms with Crippen LogP contribution in [0.4, 0.5) is 5.69 Å².